The van der Waals surface area contributed by atoms with Crippen molar-refractivity contribution in [3.8, 4) is 11.1 Å². The number of fused-ring (bicyclic) bond motifs is 1. The number of hydrogen-bond donors (Lipinski definition) is 1. The Bertz CT molecular complexity index is 1220. The number of aliphatic hydroxyl groups is 1. The second-order valence-electron chi connectivity index (χ2n) is 9.64. The van der Waals surface area contributed by atoms with Crippen molar-refractivity contribution in [2.75, 3.05) is 26.2 Å². The fourth-order valence-corrected chi connectivity index (χ4v) is 4.88. The predicted molar refractivity (Wildman–Crippen MR) is 125 cm³/mol. The van der Waals surface area contributed by atoms with E-state index < -0.39 is 5.60 Å². The summed E-state index contributed by atoms with van der Waals surface area (Å²) >= 11 is 0. The van der Waals surface area contributed by atoms with E-state index in [4.69, 9.17) is 0 Å². The molecule has 170 valence electrons. The molecule has 1 N–H and O–H groups in total. The summed E-state index contributed by atoms with van der Waals surface area (Å²) in [5.41, 5.74) is 2.87. The average molecular weight is 445 g/mol. The van der Waals surface area contributed by atoms with Gasteiger partial charge >= 0.3 is 0 Å². The summed E-state index contributed by atoms with van der Waals surface area (Å²) in [5, 5.41) is 15.8. The molecule has 0 atom stereocenters. The number of piperazine rings is 1. The number of aromatic nitrogens is 2. The number of carbonyl (C=O) groups is 2. The Balaban J connectivity index is 1.13. The fraction of sp³-hybridized carbons (Fsp3) is 0.423. The van der Waals surface area contributed by atoms with E-state index in [0.29, 0.717) is 50.6 Å². The van der Waals surface area contributed by atoms with Crippen molar-refractivity contribution in [3.05, 3.63) is 54.2 Å². The zero-order valence-electron chi connectivity index (χ0n) is 18.6. The van der Waals surface area contributed by atoms with Gasteiger partial charge < -0.3 is 14.9 Å². The van der Waals surface area contributed by atoms with Crippen molar-refractivity contribution in [2.24, 2.45) is 0 Å². The second kappa shape index (κ2) is 7.70. The number of nitrogens with zero attached hydrogens (tertiary/aromatic N) is 4. The van der Waals surface area contributed by atoms with E-state index in [0.717, 1.165) is 16.5 Å². The molecular formula is C26H28N4O3. The van der Waals surface area contributed by atoms with Gasteiger partial charge in [-0.15, -0.1) is 0 Å². The fourth-order valence-electron chi connectivity index (χ4n) is 4.88. The standard InChI is InChI=1S/C26H28N4O3/c31-24(28-12-14-29(15-13-28)25(32)26(33)10-11-26)19-6-4-18(5-7-19)20-8-9-23-21(16-20)17-27-30(23)22-2-1-3-22/h4-9,16-17,22,33H,1-3,10-15H2. The van der Waals surface area contributed by atoms with Crippen LogP contribution in [0, 0.1) is 0 Å². The third-order valence-electron chi connectivity index (χ3n) is 7.46. The van der Waals surface area contributed by atoms with E-state index in [1.807, 2.05) is 30.5 Å². The van der Waals surface area contributed by atoms with E-state index in [9.17, 15) is 14.7 Å². The Morgan fingerprint density at radius 2 is 1.58 bits per heavy atom. The first-order valence-electron chi connectivity index (χ1n) is 11.9. The largest absolute Gasteiger partial charge is 0.380 e. The quantitative estimate of drug-likeness (QED) is 0.670. The molecular weight excluding hydrogens is 416 g/mol. The minimum atomic E-state index is -1.14. The molecule has 1 aliphatic heterocycles. The third kappa shape index (κ3) is 3.60. The van der Waals surface area contributed by atoms with E-state index in [-0.39, 0.29) is 11.8 Å². The van der Waals surface area contributed by atoms with Gasteiger partial charge in [0.05, 0.1) is 17.8 Å². The highest BCUT2D eigenvalue weighted by molar-refractivity contribution is 5.95. The Morgan fingerprint density at radius 3 is 2.21 bits per heavy atom. The Labute approximate surface area is 192 Å². The first-order chi connectivity index (χ1) is 16.0. The van der Waals surface area contributed by atoms with Gasteiger partial charge in [0.25, 0.3) is 11.8 Å². The zero-order chi connectivity index (χ0) is 22.6. The lowest BCUT2D eigenvalue weighted by molar-refractivity contribution is -0.143. The van der Waals surface area contributed by atoms with Crippen LogP contribution >= 0.6 is 0 Å². The smallest absolute Gasteiger partial charge is 0.254 e. The number of amides is 2. The van der Waals surface area contributed by atoms with E-state index in [1.54, 1.807) is 9.80 Å². The van der Waals surface area contributed by atoms with Gasteiger partial charge in [-0.25, -0.2) is 0 Å². The molecule has 2 aromatic carbocycles. The molecule has 3 aliphatic rings. The lowest BCUT2D eigenvalue weighted by Crippen LogP contribution is -2.53. The van der Waals surface area contributed by atoms with Crippen LogP contribution in [0.1, 0.15) is 48.5 Å². The van der Waals surface area contributed by atoms with Crippen molar-refractivity contribution < 1.29 is 14.7 Å². The van der Waals surface area contributed by atoms with Crippen molar-refractivity contribution >= 4 is 22.7 Å². The summed E-state index contributed by atoms with van der Waals surface area (Å²) in [6.07, 6.45) is 6.75. The normalized spacial score (nSPS) is 20.0. The monoisotopic (exact) mass is 444 g/mol. The molecule has 2 heterocycles. The van der Waals surface area contributed by atoms with Crippen LogP contribution in [0.2, 0.25) is 0 Å². The van der Waals surface area contributed by atoms with E-state index in [2.05, 4.69) is 28.0 Å². The van der Waals surface area contributed by atoms with Crippen molar-refractivity contribution in [2.45, 2.75) is 43.7 Å². The van der Waals surface area contributed by atoms with Crippen LogP contribution in [0.15, 0.2) is 48.7 Å². The van der Waals surface area contributed by atoms with Crippen LogP contribution in [-0.2, 0) is 4.79 Å². The number of rotatable bonds is 4. The van der Waals surface area contributed by atoms with Gasteiger partial charge in [-0.1, -0.05) is 18.2 Å². The molecule has 3 fully saturated rings. The lowest BCUT2D eigenvalue weighted by atomic mass is 9.93. The Kier molecular flexibility index (Phi) is 4.76. The molecule has 2 saturated carbocycles. The SMILES string of the molecule is O=C(c1ccc(-c2ccc3c(cnn3C3CCC3)c2)cc1)N1CCN(C(=O)C2(O)CC2)CC1. The second-order valence-corrected chi connectivity index (χ2v) is 9.64. The molecule has 33 heavy (non-hydrogen) atoms. The van der Waals surface area contributed by atoms with Crippen LogP contribution in [0.25, 0.3) is 22.0 Å². The predicted octanol–water partition coefficient (Wildman–Crippen LogP) is 3.24. The lowest BCUT2D eigenvalue weighted by Gasteiger charge is -2.35. The molecule has 0 spiro atoms. The van der Waals surface area contributed by atoms with Crippen LogP contribution in [0.5, 0.6) is 0 Å². The molecule has 2 amide bonds. The van der Waals surface area contributed by atoms with Crippen molar-refractivity contribution in [1.29, 1.82) is 0 Å². The molecule has 7 nitrogen and oxygen atoms in total. The third-order valence-corrected chi connectivity index (χ3v) is 7.46. The first kappa shape index (κ1) is 20.4. The molecule has 3 aromatic rings. The van der Waals surface area contributed by atoms with Crippen LogP contribution < -0.4 is 0 Å². The maximum absolute atomic E-state index is 13.0. The summed E-state index contributed by atoms with van der Waals surface area (Å²) in [6.45, 7) is 1.92. The molecule has 0 radical (unpaired) electrons. The van der Waals surface area contributed by atoms with Gasteiger partial charge in [-0.2, -0.15) is 5.10 Å². The average Bonchev–Trinajstić information content (AvgIpc) is 3.45. The molecule has 2 aliphatic carbocycles. The first-order valence-corrected chi connectivity index (χ1v) is 11.9. The molecule has 6 rings (SSSR count). The molecule has 7 heteroatoms. The Hall–Kier alpha value is -3.19. The summed E-state index contributed by atoms with van der Waals surface area (Å²) in [6, 6.07) is 14.7. The highest BCUT2D eigenvalue weighted by Gasteiger charge is 2.50. The van der Waals surface area contributed by atoms with Crippen molar-refractivity contribution in [1.82, 2.24) is 19.6 Å². The molecule has 0 bridgehead atoms. The van der Waals surface area contributed by atoms with Gasteiger partial charge in [0.15, 0.2) is 0 Å². The maximum Gasteiger partial charge on any atom is 0.254 e. The number of benzene rings is 2. The minimum Gasteiger partial charge on any atom is -0.380 e. The van der Waals surface area contributed by atoms with Gasteiger partial charge in [0, 0.05) is 37.1 Å². The van der Waals surface area contributed by atoms with Crippen LogP contribution in [0.3, 0.4) is 0 Å². The molecule has 1 aromatic heterocycles. The number of carbonyl (C=O) groups excluding carboxylic acids is 2. The highest BCUT2D eigenvalue weighted by atomic mass is 16.3. The minimum absolute atomic E-state index is 0.0176. The van der Waals surface area contributed by atoms with Crippen LogP contribution in [0.4, 0.5) is 0 Å². The summed E-state index contributed by atoms with van der Waals surface area (Å²) in [5.74, 6) is -0.204. The van der Waals surface area contributed by atoms with Gasteiger partial charge in [-0.3, -0.25) is 14.3 Å². The molecule has 0 unspecified atom stereocenters. The topological polar surface area (TPSA) is 78.7 Å². The van der Waals surface area contributed by atoms with E-state index >= 15 is 0 Å². The summed E-state index contributed by atoms with van der Waals surface area (Å²) in [4.78, 5) is 28.7. The summed E-state index contributed by atoms with van der Waals surface area (Å²) < 4.78 is 2.16. The van der Waals surface area contributed by atoms with Gasteiger partial charge in [-0.05, 0) is 67.5 Å². The Morgan fingerprint density at radius 1 is 0.909 bits per heavy atom. The van der Waals surface area contributed by atoms with Gasteiger partial charge in [0.2, 0.25) is 0 Å². The highest BCUT2D eigenvalue weighted by Crippen LogP contribution is 2.37. The van der Waals surface area contributed by atoms with E-state index in [1.165, 1.54) is 24.8 Å². The maximum atomic E-state index is 13.0. The van der Waals surface area contributed by atoms with Gasteiger partial charge in [0.1, 0.15) is 5.60 Å². The van der Waals surface area contributed by atoms with Crippen LogP contribution in [-0.4, -0.2) is 68.3 Å². The summed E-state index contributed by atoms with van der Waals surface area (Å²) in [7, 11) is 0. The van der Waals surface area contributed by atoms with Crippen molar-refractivity contribution in [3.63, 3.8) is 0 Å². The number of hydrogen-bond acceptors (Lipinski definition) is 4. The zero-order valence-corrected chi connectivity index (χ0v) is 18.6. The molecule has 1 saturated heterocycles.